The minimum atomic E-state index is -0.626. The van der Waals surface area contributed by atoms with Crippen LogP contribution < -0.4 is 10.1 Å². The summed E-state index contributed by atoms with van der Waals surface area (Å²) in [7, 11) is 0. The number of aromatic hydroxyl groups is 1. The van der Waals surface area contributed by atoms with E-state index in [1.807, 2.05) is 31.2 Å². The first-order valence-corrected chi connectivity index (χ1v) is 6.38. The van der Waals surface area contributed by atoms with Crippen molar-refractivity contribution in [2.75, 3.05) is 5.32 Å². The fourth-order valence-electron chi connectivity index (χ4n) is 1.76. The van der Waals surface area contributed by atoms with Gasteiger partial charge in [-0.15, -0.1) is 0 Å². The number of carbonyl (C=O) groups is 1. The average molecular weight is 271 g/mol. The van der Waals surface area contributed by atoms with Gasteiger partial charge in [-0.1, -0.05) is 24.3 Å². The van der Waals surface area contributed by atoms with Crippen molar-refractivity contribution in [2.45, 2.75) is 20.0 Å². The zero-order valence-corrected chi connectivity index (χ0v) is 11.5. The molecule has 0 spiro atoms. The highest BCUT2D eigenvalue weighted by molar-refractivity contribution is 5.94. The Labute approximate surface area is 118 Å². The Hall–Kier alpha value is -2.49. The third-order valence-electron chi connectivity index (χ3n) is 2.88. The first-order valence-electron chi connectivity index (χ1n) is 6.38. The Morgan fingerprint density at radius 3 is 2.65 bits per heavy atom. The molecule has 0 aromatic heterocycles. The Morgan fingerprint density at radius 2 is 1.95 bits per heavy atom. The molecular weight excluding hydrogens is 254 g/mol. The van der Waals surface area contributed by atoms with Gasteiger partial charge in [-0.2, -0.15) is 0 Å². The zero-order valence-electron chi connectivity index (χ0n) is 11.5. The number of benzene rings is 2. The Bertz CT molecular complexity index is 610. The van der Waals surface area contributed by atoms with Crippen LogP contribution in [0.4, 0.5) is 5.69 Å². The van der Waals surface area contributed by atoms with E-state index in [2.05, 4.69) is 5.32 Å². The van der Waals surface area contributed by atoms with Crippen molar-refractivity contribution < 1.29 is 14.6 Å². The first-order chi connectivity index (χ1) is 9.56. The zero-order chi connectivity index (χ0) is 14.5. The van der Waals surface area contributed by atoms with Gasteiger partial charge in [-0.25, -0.2) is 0 Å². The molecule has 2 rings (SSSR count). The maximum atomic E-state index is 12.0. The summed E-state index contributed by atoms with van der Waals surface area (Å²) in [6, 6.07) is 13.9. The minimum Gasteiger partial charge on any atom is -0.508 e. The molecule has 0 fully saturated rings. The van der Waals surface area contributed by atoms with Crippen LogP contribution in [0.5, 0.6) is 11.5 Å². The fraction of sp³-hybridized carbons (Fsp3) is 0.188. The van der Waals surface area contributed by atoms with Gasteiger partial charge in [0.1, 0.15) is 11.5 Å². The van der Waals surface area contributed by atoms with E-state index < -0.39 is 6.10 Å². The predicted octanol–water partition coefficient (Wildman–Crippen LogP) is 3.11. The summed E-state index contributed by atoms with van der Waals surface area (Å²) in [4.78, 5) is 12.0. The number of ether oxygens (including phenoxy) is 1. The van der Waals surface area contributed by atoms with Gasteiger partial charge in [-0.3, -0.25) is 4.79 Å². The van der Waals surface area contributed by atoms with Crippen molar-refractivity contribution in [3.63, 3.8) is 0 Å². The van der Waals surface area contributed by atoms with Gasteiger partial charge in [0.2, 0.25) is 0 Å². The van der Waals surface area contributed by atoms with E-state index in [9.17, 15) is 9.90 Å². The number of aryl methyl sites for hydroxylation is 1. The van der Waals surface area contributed by atoms with Crippen molar-refractivity contribution >= 4 is 11.6 Å². The van der Waals surface area contributed by atoms with E-state index in [-0.39, 0.29) is 11.7 Å². The van der Waals surface area contributed by atoms with E-state index in [1.54, 1.807) is 25.1 Å². The monoisotopic (exact) mass is 271 g/mol. The van der Waals surface area contributed by atoms with Crippen molar-refractivity contribution in [1.29, 1.82) is 0 Å². The summed E-state index contributed by atoms with van der Waals surface area (Å²) < 4.78 is 5.63. The fourth-order valence-corrected chi connectivity index (χ4v) is 1.76. The topological polar surface area (TPSA) is 58.6 Å². The van der Waals surface area contributed by atoms with Gasteiger partial charge in [0.25, 0.3) is 5.91 Å². The molecule has 0 bridgehead atoms. The van der Waals surface area contributed by atoms with Crippen LogP contribution in [0.3, 0.4) is 0 Å². The molecule has 0 unspecified atom stereocenters. The number of nitrogens with one attached hydrogen (secondary N) is 1. The van der Waals surface area contributed by atoms with Gasteiger partial charge in [0, 0.05) is 11.8 Å². The molecule has 1 amide bonds. The lowest BCUT2D eigenvalue weighted by Gasteiger charge is -2.16. The van der Waals surface area contributed by atoms with Crippen LogP contribution in [0.25, 0.3) is 0 Å². The average Bonchev–Trinajstić information content (AvgIpc) is 2.41. The number of anilines is 1. The number of phenolic OH excluding ortho intramolecular Hbond substituents is 1. The Kier molecular flexibility index (Phi) is 4.25. The normalized spacial score (nSPS) is 11.7. The third-order valence-corrected chi connectivity index (χ3v) is 2.88. The summed E-state index contributed by atoms with van der Waals surface area (Å²) in [5, 5.41) is 12.1. The number of amides is 1. The highest BCUT2D eigenvalue weighted by atomic mass is 16.5. The molecule has 0 saturated carbocycles. The number of hydrogen-bond acceptors (Lipinski definition) is 3. The van der Waals surface area contributed by atoms with Crippen LogP contribution in [0.15, 0.2) is 48.5 Å². The molecule has 0 heterocycles. The summed E-state index contributed by atoms with van der Waals surface area (Å²) in [5.74, 6) is 0.528. The van der Waals surface area contributed by atoms with Crippen molar-refractivity contribution in [1.82, 2.24) is 0 Å². The predicted molar refractivity (Wildman–Crippen MR) is 78.0 cm³/mol. The SMILES string of the molecule is Cc1ccccc1O[C@@H](C)C(=O)Nc1cccc(O)c1. The first kappa shape index (κ1) is 13.9. The molecule has 4 heteroatoms. The quantitative estimate of drug-likeness (QED) is 0.898. The van der Waals surface area contributed by atoms with Gasteiger partial charge in [-0.05, 0) is 37.6 Å². The van der Waals surface area contributed by atoms with Crippen molar-refractivity contribution in [3.05, 3.63) is 54.1 Å². The lowest BCUT2D eigenvalue weighted by atomic mass is 10.2. The van der Waals surface area contributed by atoms with Crippen LogP contribution >= 0.6 is 0 Å². The number of para-hydroxylation sites is 1. The van der Waals surface area contributed by atoms with E-state index in [4.69, 9.17) is 4.74 Å². The number of carbonyl (C=O) groups excluding carboxylic acids is 1. The maximum absolute atomic E-state index is 12.0. The van der Waals surface area contributed by atoms with E-state index in [1.165, 1.54) is 6.07 Å². The summed E-state index contributed by atoms with van der Waals surface area (Å²) in [6.45, 7) is 3.61. The van der Waals surface area contributed by atoms with Crippen LogP contribution in [0, 0.1) is 6.92 Å². The summed E-state index contributed by atoms with van der Waals surface area (Å²) in [5.41, 5.74) is 1.51. The molecule has 0 aliphatic heterocycles. The van der Waals surface area contributed by atoms with Crippen molar-refractivity contribution in [2.24, 2.45) is 0 Å². The molecule has 0 saturated heterocycles. The largest absolute Gasteiger partial charge is 0.508 e. The van der Waals surface area contributed by atoms with Crippen LogP contribution in [0.1, 0.15) is 12.5 Å². The van der Waals surface area contributed by atoms with E-state index in [0.29, 0.717) is 11.4 Å². The smallest absolute Gasteiger partial charge is 0.265 e. The molecule has 1 atom stereocenters. The highest BCUT2D eigenvalue weighted by Gasteiger charge is 2.15. The van der Waals surface area contributed by atoms with Gasteiger partial charge in [0.15, 0.2) is 6.10 Å². The molecule has 4 nitrogen and oxygen atoms in total. The van der Waals surface area contributed by atoms with E-state index in [0.717, 1.165) is 5.56 Å². The molecule has 104 valence electrons. The van der Waals surface area contributed by atoms with Gasteiger partial charge in [0.05, 0.1) is 0 Å². The maximum Gasteiger partial charge on any atom is 0.265 e. The van der Waals surface area contributed by atoms with Crippen LogP contribution in [-0.4, -0.2) is 17.1 Å². The number of rotatable bonds is 4. The second kappa shape index (κ2) is 6.10. The molecule has 2 N–H and O–H groups in total. The lowest BCUT2D eigenvalue weighted by Crippen LogP contribution is -2.30. The second-order valence-corrected chi connectivity index (χ2v) is 4.57. The molecule has 0 aliphatic carbocycles. The molecular formula is C16H17NO3. The third kappa shape index (κ3) is 3.51. The standard InChI is InChI=1S/C16H17NO3/c1-11-6-3-4-9-15(11)20-12(2)16(19)17-13-7-5-8-14(18)10-13/h3-10,12,18H,1-2H3,(H,17,19)/t12-/m0/s1. The Balaban J connectivity index is 2.01. The van der Waals surface area contributed by atoms with Crippen LogP contribution in [-0.2, 0) is 4.79 Å². The highest BCUT2D eigenvalue weighted by Crippen LogP contribution is 2.19. The minimum absolute atomic E-state index is 0.107. The molecule has 0 aliphatic rings. The molecule has 2 aromatic carbocycles. The van der Waals surface area contributed by atoms with Gasteiger partial charge < -0.3 is 15.2 Å². The summed E-state index contributed by atoms with van der Waals surface area (Å²) in [6.07, 6.45) is -0.626. The lowest BCUT2D eigenvalue weighted by molar-refractivity contribution is -0.122. The Morgan fingerprint density at radius 1 is 1.20 bits per heavy atom. The van der Waals surface area contributed by atoms with Crippen LogP contribution in [0.2, 0.25) is 0 Å². The molecule has 20 heavy (non-hydrogen) atoms. The van der Waals surface area contributed by atoms with Gasteiger partial charge >= 0.3 is 0 Å². The van der Waals surface area contributed by atoms with Crippen molar-refractivity contribution in [3.8, 4) is 11.5 Å². The summed E-state index contributed by atoms with van der Waals surface area (Å²) >= 11 is 0. The molecule has 2 aromatic rings. The number of phenols is 1. The van der Waals surface area contributed by atoms with E-state index >= 15 is 0 Å². The molecule has 0 radical (unpaired) electrons. The second-order valence-electron chi connectivity index (χ2n) is 4.57. The number of hydrogen-bond donors (Lipinski definition) is 2.